The van der Waals surface area contributed by atoms with E-state index in [4.69, 9.17) is 4.84 Å². The van der Waals surface area contributed by atoms with E-state index in [1.54, 1.807) is 30.3 Å². The highest BCUT2D eigenvalue weighted by atomic mass is 19.4. The van der Waals surface area contributed by atoms with Crippen molar-refractivity contribution in [1.29, 1.82) is 0 Å². The number of benzene rings is 2. The molecule has 0 radical (unpaired) electrons. The number of nitrogens with zero attached hydrogens (tertiary/aromatic N) is 1. The SMILES string of the molecule is O=c1[nH]c2cc(C(F)(F)F)ccc2c(=O)n1OCc1ccccc1. The number of fused-ring (bicyclic) bond motifs is 1. The molecule has 3 rings (SSSR count). The molecule has 2 aromatic carbocycles. The molecule has 0 aliphatic carbocycles. The Morgan fingerprint density at radius 3 is 2.42 bits per heavy atom. The van der Waals surface area contributed by atoms with E-state index in [0.29, 0.717) is 4.73 Å². The van der Waals surface area contributed by atoms with Crippen LogP contribution in [0.4, 0.5) is 13.2 Å². The van der Waals surface area contributed by atoms with Gasteiger partial charge in [-0.05, 0) is 23.8 Å². The highest BCUT2D eigenvalue weighted by Crippen LogP contribution is 2.30. The van der Waals surface area contributed by atoms with Gasteiger partial charge in [0.1, 0.15) is 6.61 Å². The molecule has 1 N–H and O–H groups in total. The summed E-state index contributed by atoms with van der Waals surface area (Å²) in [5.74, 6) is 0. The number of H-pyrrole nitrogens is 1. The number of rotatable bonds is 3. The van der Waals surface area contributed by atoms with Crippen molar-refractivity contribution in [3.05, 3.63) is 80.5 Å². The Balaban J connectivity index is 2.01. The first-order chi connectivity index (χ1) is 11.4. The van der Waals surface area contributed by atoms with Gasteiger partial charge in [0.25, 0.3) is 5.56 Å². The zero-order valence-electron chi connectivity index (χ0n) is 12.1. The molecule has 1 aromatic heterocycles. The van der Waals surface area contributed by atoms with Gasteiger partial charge in [-0.15, -0.1) is 0 Å². The molecular formula is C16H11F3N2O3. The Labute approximate surface area is 132 Å². The largest absolute Gasteiger partial charge is 0.416 e. The normalized spacial score (nSPS) is 11.6. The number of hydrogen-bond donors (Lipinski definition) is 1. The maximum Gasteiger partial charge on any atom is 0.416 e. The average molecular weight is 336 g/mol. The molecular weight excluding hydrogens is 325 g/mol. The lowest BCUT2D eigenvalue weighted by Crippen LogP contribution is -2.39. The third kappa shape index (κ3) is 3.03. The van der Waals surface area contributed by atoms with Crippen LogP contribution in [0.15, 0.2) is 58.1 Å². The smallest absolute Gasteiger partial charge is 0.401 e. The van der Waals surface area contributed by atoms with Crippen molar-refractivity contribution in [3.8, 4) is 0 Å². The van der Waals surface area contributed by atoms with E-state index < -0.39 is 23.0 Å². The van der Waals surface area contributed by atoms with Crippen LogP contribution in [0.1, 0.15) is 11.1 Å². The summed E-state index contributed by atoms with van der Waals surface area (Å²) in [6.07, 6.45) is -4.57. The number of aromatic amines is 1. The van der Waals surface area contributed by atoms with Crippen LogP contribution in [-0.2, 0) is 12.8 Å². The minimum Gasteiger partial charge on any atom is -0.401 e. The van der Waals surface area contributed by atoms with Crippen molar-refractivity contribution >= 4 is 10.9 Å². The second-order valence-corrected chi connectivity index (χ2v) is 5.05. The monoisotopic (exact) mass is 336 g/mol. The Morgan fingerprint density at radius 1 is 1.04 bits per heavy atom. The first kappa shape index (κ1) is 15.9. The van der Waals surface area contributed by atoms with Gasteiger partial charge in [-0.25, -0.2) is 4.79 Å². The van der Waals surface area contributed by atoms with Crippen LogP contribution in [0.25, 0.3) is 10.9 Å². The maximum atomic E-state index is 12.7. The van der Waals surface area contributed by atoms with Crippen LogP contribution in [0, 0.1) is 0 Å². The lowest BCUT2D eigenvalue weighted by atomic mass is 10.1. The quantitative estimate of drug-likeness (QED) is 0.798. The molecule has 3 aromatic rings. The van der Waals surface area contributed by atoms with Crippen LogP contribution >= 0.6 is 0 Å². The summed E-state index contributed by atoms with van der Waals surface area (Å²) in [6, 6.07) is 11.3. The molecule has 124 valence electrons. The first-order valence-corrected chi connectivity index (χ1v) is 6.90. The molecule has 0 aliphatic heterocycles. The van der Waals surface area contributed by atoms with Crippen molar-refractivity contribution < 1.29 is 18.0 Å². The van der Waals surface area contributed by atoms with Gasteiger partial charge in [-0.1, -0.05) is 35.1 Å². The molecule has 0 aliphatic rings. The van der Waals surface area contributed by atoms with Crippen LogP contribution in [0.2, 0.25) is 0 Å². The van der Waals surface area contributed by atoms with Crippen molar-refractivity contribution in [1.82, 2.24) is 9.71 Å². The zero-order chi connectivity index (χ0) is 17.3. The fourth-order valence-corrected chi connectivity index (χ4v) is 2.21. The third-order valence-corrected chi connectivity index (χ3v) is 3.39. The van der Waals surface area contributed by atoms with Gasteiger partial charge in [0.2, 0.25) is 0 Å². The number of nitrogens with one attached hydrogen (secondary N) is 1. The molecule has 0 saturated heterocycles. The van der Waals surface area contributed by atoms with E-state index in [2.05, 4.69) is 4.98 Å². The van der Waals surface area contributed by atoms with E-state index in [9.17, 15) is 22.8 Å². The second-order valence-electron chi connectivity index (χ2n) is 5.05. The Kier molecular flexibility index (Phi) is 3.88. The van der Waals surface area contributed by atoms with Gasteiger partial charge in [-0.2, -0.15) is 13.2 Å². The fourth-order valence-electron chi connectivity index (χ4n) is 2.21. The topological polar surface area (TPSA) is 64.1 Å². The zero-order valence-corrected chi connectivity index (χ0v) is 12.1. The minimum absolute atomic E-state index is 0.0318. The van der Waals surface area contributed by atoms with E-state index in [1.807, 2.05) is 0 Å². The predicted octanol–water partition coefficient (Wildman–Crippen LogP) is 2.34. The highest BCUT2D eigenvalue weighted by molar-refractivity contribution is 5.78. The van der Waals surface area contributed by atoms with Gasteiger partial charge in [-0.3, -0.25) is 4.79 Å². The van der Waals surface area contributed by atoms with Crippen molar-refractivity contribution in [2.75, 3.05) is 0 Å². The third-order valence-electron chi connectivity index (χ3n) is 3.39. The summed E-state index contributed by atoms with van der Waals surface area (Å²) in [4.78, 5) is 31.6. The van der Waals surface area contributed by atoms with E-state index >= 15 is 0 Å². The maximum absolute atomic E-state index is 12.7. The molecule has 0 atom stereocenters. The van der Waals surface area contributed by atoms with Crippen molar-refractivity contribution in [2.24, 2.45) is 0 Å². The average Bonchev–Trinajstić information content (AvgIpc) is 2.54. The summed E-state index contributed by atoms with van der Waals surface area (Å²) >= 11 is 0. The molecule has 0 bridgehead atoms. The van der Waals surface area contributed by atoms with Gasteiger partial charge in [0, 0.05) is 0 Å². The molecule has 0 unspecified atom stereocenters. The number of hydrogen-bond acceptors (Lipinski definition) is 3. The number of aromatic nitrogens is 2. The summed E-state index contributed by atoms with van der Waals surface area (Å²) < 4.78 is 38.6. The van der Waals surface area contributed by atoms with Crippen LogP contribution in [0.3, 0.4) is 0 Å². The van der Waals surface area contributed by atoms with Gasteiger partial charge in [0.05, 0.1) is 16.5 Å². The summed E-state index contributed by atoms with van der Waals surface area (Å²) in [6.45, 7) is -0.0318. The van der Waals surface area contributed by atoms with Crippen molar-refractivity contribution in [2.45, 2.75) is 12.8 Å². The van der Waals surface area contributed by atoms with E-state index in [1.165, 1.54) is 0 Å². The summed E-state index contributed by atoms with van der Waals surface area (Å²) in [5.41, 5.74) is -2.18. The lowest BCUT2D eigenvalue weighted by Gasteiger charge is -2.10. The second kappa shape index (κ2) is 5.88. The molecule has 5 nitrogen and oxygen atoms in total. The van der Waals surface area contributed by atoms with Gasteiger partial charge < -0.3 is 9.82 Å². The summed E-state index contributed by atoms with van der Waals surface area (Å²) in [5, 5.41) is -0.0735. The fraction of sp³-hybridized carbons (Fsp3) is 0.125. The molecule has 0 saturated carbocycles. The Bertz CT molecular complexity index is 991. The molecule has 24 heavy (non-hydrogen) atoms. The van der Waals surface area contributed by atoms with Crippen LogP contribution in [0.5, 0.6) is 0 Å². The highest BCUT2D eigenvalue weighted by Gasteiger charge is 2.30. The summed E-state index contributed by atoms with van der Waals surface area (Å²) in [7, 11) is 0. The van der Waals surface area contributed by atoms with Gasteiger partial charge >= 0.3 is 11.9 Å². The van der Waals surface area contributed by atoms with E-state index in [-0.39, 0.29) is 17.5 Å². The molecule has 8 heteroatoms. The van der Waals surface area contributed by atoms with E-state index in [0.717, 1.165) is 23.8 Å². The van der Waals surface area contributed by atoms with Gasteiger partial charge in [0.15, 0.2) is 0 Å². The van der Waals surface area contributed by atoms with Crippen molar-refractivity contribution in [3.63, 3.8) is 0 Å². The Morgan fingerprint density at radius 2 is 1.75 bits per heavy atom. The number of alkyl halides is 3. The first-order valence-electron chi connectivity index (χ1n) is 6.90. The molecule has 0 fully saturated rings. The van der Waals surface area contributed by atoms with Crippen LogP contribution in [-0.4, -0.2) is 9.71 Å². The number of halogens is 3. The Hall–Kier alpha value is -3.03. The molecule has 1 heterocycles. The standard InChI is InChI=1S/C16H11F3N2O3/c17-16(18,19)11-6-7-12-13(8-11)20-15(23)21(14(12)22)24-9-10-4-2-1-3-5-10/h1-8H,9H2,(H,20,23). The molecule has 0 amide bonds. The minimum atomic E-state index is -4.57. The molecule has 0 spiro atoms. The lowest BCUT2D eigenvalue weighted by molar-refractivity contribution is -0.137. The predicted molar refractivity (Wildman–Crippen MR) is 80.6 cm³/mol. The van der Waals surface area contributed by atoms with Crippen LogP contribution < -0.4 is 16.1 Å².